The number of hydrogen-bond donors (Lipinski definition) is 1. The van der Waals surface area contributed by atoms with Crippen molar-refractivity contribution in [1.29, 1.82) is 0 Å². The van der Waals surface area contributed by atoms with E-state index in [1.54, 1.807) is 30.0 Å². The van der Waals surface area contributed by atoms with E-state index in [1.807, 2.05) is 24.3 Å². The van der Waals surface area contributed by atoms with Crippen LogP contribution >= 0.6 is 35.0 Å². The fraction of sp³-hybridized carbons (Fsp3) is 0.143. The quantitative estimate of drug-likeness (QED) is 0.491. The fourth-order valence-electron chi connectivity index (χ4n) is 1.49. The summed E-state index contributed by atoms with van der Waals surface area (Å²) in [5, 5.41) is 1.36. The first kappa shape index (κ1) is 14.4. The fourth-order valence-corrected chi connectivity index (χ4v) is 2.58. The molecule has 0 saturated heterocycles. The van der Waals surface area contributed by atoms with E-state index < -0.39 is 0 Å². The molecule has 100 valence electrons. The molecular formula is C14H13Cl2NOS. The molecule has 0 amide bonds. The number of nitrogens with two attached hydrogens (primary N) is 1. The summed E-state index contributed by atoms with van der Waals surface area (Å²) in [6.45, 7) is 0.606. The molecule has 0 aliphatic heterocycles. The Hall–Kier alpha value is -1.03. The van der Waals surface area contributed by atoms with Crippen LogP contribution in [0.1, 0.15) is 0 Å². The molecule has 2 aromatic rings. The second-order valence-electron chi connectivity index (χ2n) is 3.83. The largest absolute Gasteiger partial charge is 0.493 e. The van der Waals surface area contributed by atoms with E-state index in [0.29, 0.717) is 22.3 Å². The van der Waals surface area contributed by atoms with Crippen molar-refractivity contribution in [1.82, 2.24) is 0 Å². The van der Waals surface area contributed by atoms with Gasteiger partial charge in [-0.15, -0.1) is 11.8 Å². The summed E-state index contributed by atoms with van der Waals surface area (Å²) in [7, 11) is 0. The number of thioether (sulfide) groups is 1. The monoisotopic (exact) mass is 313 g/mol. The zero-order valence-electron chi connectivity index (χ0n) is 10.1. The van der Waals surface area contributed by atoms with Gasteiger partial charge in [-0.1, -0.05) is 23.2 Å². The van der Waals surface area contributed by atoms with Crippen LogP contribution in [-0.2, 0) is 0 Å². The second-order valence-corrected chi connectivity index (χ2v) is 5.84. The van der Waals surface area contributed by atoms with Crippen LogP contribution in [0.25, 0.3) is 0 Å². The van der Waals surface area contributed by atoms with Gasteiger partial charge in [0.05, 0.1) is 6.61 Å². The van der Waals surface area contributed by atoms with Gasteiger partial charge >= 0.3 is 0 Å². The lowest BCUT2D eigenvalue weighted by molar-refractivity contribution is 0.344. The number of halogens is 2. The van der Waals surface area contributed by atoms with Gasteiger partial charge in [-0.3, -0.25) is 0 Å². The molecule has 0 radical (unpaired) electrons. The van der Waals surface area contributed by atoms with Crippen molar-refractivity contribution in [2.45, 2.75) is 4.90 Å². The summed E-state index contributed by atoms with van der Waals surface area (Å²) in [4.78, 5) is 1.02. The van der Waals surface area contributed by atoms with Crippen LogP contribution < -0.4 is 10.5 Å². The maximum Gasteiger partial charge on any atom is 0.119 e. The third-order valence-electron chi connectivity index (χ3n) is 2.40. The first-order valence-electron chi connectivity index (χ1n) is 5.71. The summed E-state index contributed by atoms with van der Waals surface area (Å²) < 4.78 is 5.60. The van der Waals surface area contributed by atoms with Crippen LogP contribution in [0.3, 0.4) is 0 Å². The van der Waals surface area contributed by atoms with Crippen molar-refractivity contribution < 1.29 is 4.74 Å². The zero-order chi connectivity index (χ0) is 13.7. The van der Waals surface area contributed by atoms with E-state index in [1.165, 1.54) is 0 Å². The van der Waals surface area contributed by atoms with Gasteiger partial charge in [0, 0.05) is 26.4 Å². The summed E-state index contributed by atoms with van der Waals surface area (Å²) in [6.07, 6.45) is 0. The highest BCUT2D eigenvalue weighted by atomic mass is 35.5. The highest BCUT2D eigenvalue weighted by Gasteiger charge is 2.01. The lowest BCUT2D eigenvalue weighted by atomic mass is 10.3. The second kappa shape index (κ2) is 6.94. The molecule has 2 rings (SSSR count). The van der Waals surface area contributed by atoms with Crippen LogP contribution in [0.4, 0.5) is 5.69 Å². The molecule has 0 fully saturated rings. The molecule has 0 bridgehead atoms. The Bertz CT molecular complexity index is 546. The third kappa shape index (κ3) is 4.53. The van der Waals surface area contributed by atoms with Gasteiger partial charge in [0.15, 0.2) is 0 Å². The molecule has 0 unspecified atom stereocenters. The molecule has 2 N–H and O–H groups in total. The van der Waals surface area contributed by atoms with Crippen molar-refractivity contribution in [2.75, 3.05) is 18.1 Å². The number of hydrogen-bond acceptors (Lipinski definition) is 3. The normalized spacial score (nSPS) is 10.4. The summed E-state index contributed by atoms with van der Waals surface area (Å²) in [6, 6.07) is 12.8. The van der Waals surface area contributed by atoms with Gasteiger partial charge in [0.25, 0.3) is 0 Å². The van der Waals surface area contributed by atoms with Crippen molar-refractivity contribution in [3.05, 3.63) is 52.5 Å². The molecule has 0 aliphatic carbocycles. The van der Waals surface area contributed by atoms with Crippen LogP contribution in [0.5, 0.6) is 5.75 Å². The van der Waals surface area contributed by atoms with Gasteiger partial charge in [0.1, 0.15) is 5.75 Å². The molecule has 5 heteroatoms. The van der Waals surface area contributed by atoms with Crippen LogP contribution in [0.2, 0.25) is 10.0 Å². The van der Waals surface area contributed by atoms with E-state index in [0.717, 1.165) is 16.4 Å². The lowest BCUT2D eigenvalue weighted by Crippen LogP contribution is -2.00. The van der Waals surface area contributed by atoms with E-state index in [4.69, 9.17) is 33.7 Å². The molecule has 0 atom stereocenters. The van der Waals surface area contributed by atoms with Gasteiger partial charge in [-0.2, -0.15) is 0 Å². The lowest BCUT2D eigenvalue weighted by Gasteiger charge is -2.08. The minimum absolute atomic E-state index is 0.606. The molecule has 0 heterocycles. The maximum absolute atomic E-state index is 5.87. The molecule has 2 aromatic carbocycles. The SMILES string of the molecule is Nc1cc(Cl)ccc1SCCOc1ccc(Cl)cc1. The number of rotatable bonds is 5. The molecule has 0 aromatic heterocycles. The van der Waals surface area contributed by atoms with Crippen molar-refractivity contribution in [3.8, 4) is 5.75 Å². The summed E-state index contributed by atoms with van der Waals surface area (Å²) >= 11 is 13.3. The first-order valence-corrected chi connectivity index (χ1v) is 7.45. The van der Waals surface area contributed by atoms with E-state index in [2.05, 4.69) is 0 Å². The van der Waals surface area contributed by atoms with E-state index >= 15 is 0 Å². The Morgan fingerprint density at radius 3 is 2.37 bits per heavy atom. The van der Waals surface area contributed by atoms with Gasteiger partial charge < -0.3 is 10.5 Å². The summed E-state index contributed by atoms with van der Waals surface area (Å²) in [5.74, 6) is 1.63. The minimum Gasteiger partial charge on any atom is -0.493 e. The number of nitrogen functional groups attached to an aromatic ring is 1. The van der Waals surface area contributed by atoms with Gasteiger partial charge in [-0.05, 0) is 42.5 Å². The highest BCUT2D eigenvalue weighted by molar-refractivity contribution is 7.99. The predicted octanol–water partition coefficient (Wildman–Crippen LogP) is 4.75. The first-order chi connectivity index (χ1) is 9.15. The minimum atomic E-state index is 0.606. The molecule has 0 saturated carbocycles. The molecular weight excluding hydrogens is 301 g/mol. The van der Waals surface area contributed by atoms with E-state index in [-0.39, 0.29) is 0 Å². The Morgan fingerprint density at radius 1 is 1.00 bits per heavy atom. The molecule has 2 nitrogen and oxygen atoms in total. The zero-order valence-corrected chi connectivity index (χ0v) is 12.4. The number of benzene rings is 2. The Balaban J connectivity index is 1.79. The van der Waals surface area contributed by atoms with Crippen molar-refractivity contribution in [3.63, 3.8) is 0 Å². The average Bonchev–Trinajstić information content (AvgIpc) is 2.39. The van der Waals surface area contributed by atoms with Crippen molar-refractivity contribution in [2.24, 2.45) is 0 Å². The smallest absolute Gasteiger partial charge is 0.119 e. The Kier molecular flexibility index (Phi) is 5.25. The van der Waals surface area contributed by atoms with Crippen molar-refractivity contribution >= 4 is 40.7 Å². The molecule has 0 spiro atoms. The van der Waals surface area contributed by atoms with Gasteiger partial charge in [-0.25, -0.2) is 0 Å². The summed E-state index contributed by atoms with van der Waals surface area (Å²) in [5.41, 5.74) is 6.57. The number of anilines is 1. The Labute approximate surface area is 126 Å². The molecule has 19 heavy (non-hydrogen) atoms. The predicted molar refractivity (Wildman–Crippen MR) is 83.5 cm³/mol. The van der Waals surface area contributed by atoms with Crippen LogP contribution in [-0.4, -0.2) is 12.4 Å². The average molecular weight is 314 g/mol. The molecule has 0 aliphatic rings. The topological polar surface area (TPSA) is 35.2 Å². The maximum atomic E-state index is 5.87. The number of ether oxygens (including phenoxy) is 1. The Morgan fingerprint density at radius 2 is 1.68 bits per heavy atom. The van der Waals surface area contributed by atoms with Crippen LogP contribution in [0, 0.1) is 0 Å². The van der Waals surface area contributed by atoms with Gasteiger partial charge in [0.2, 0.25) is 0 Å². The third-order valence-corrected chi connectivity index (χ3v) is 3.94. The van der Waals surface area contributed by atoms with Crippen LogP contribution in [0.15, 0.2) is 47.4 Å². The standard InChI is InChI=1S/C14H13Cl2NOS/c15-10-1-4-12(5-2-10)18-7-8-19-14-6-3-11(16)9-13(14)17/h1-6,9H,7-8,17H2. The van der Waals surface area contributed by atoms with E-state index in [9.17, 15) is 0 Å². The highest BCUT2D eigenvalue weighted by Crippen LogP contribution is 2.27.